The number of carbonyl (C=O) groups is 2. The average molecular weight is 273 g/mol. The van der Waals surface area contributed by atoms with Gasteiger partial charge in [-0.15, -0.1) is 0 Å². The SMILES string of the molecule is N#CCN(CC#N)C(=O)C(=O)OCC#CC(F)(F)F. The molecule has 0 rings (SSSR count). The van der Waals surface area contributed by atoms with Crippen LogP contribution in [0.3, 0.4) is 0 Å². The van der Waals surface area contributed by atoms with Gasteiger partial charge in [-0.25, -0.2) is 4.79 Å². The van der Waals surface area contributed by atoms with Gasteiger partial charge < -0.3 is 9.64 Å². The van der Waals surface area contributed by atoms with Gasteiger partial charge in [0.15, 0.2) is 6.61 Å². The summed E-state index contributed by atoms with van der Waals surface area (Å²) in [5, 5.41) is 16.7. The third-order valence-corrected chi connectivity index (χ3v) is 1.49. The largest absolute Gasteiger partial charge is 0.457 e. The van der Waals surface area contributed by atoms with Crippen molar-refractivity contribution < 1.29 is 27.5 Å². The number of esters is 1. The van der Waals surface area contributed by atoms with Crippen LogP contribution in [-0.2, 0) is 14.3 Å². The molecule has 0 heterocycles. The average Bonchev–Trinajstić information content (AvgIpc) is 2.32. The predicted molar refractivity (Wildman–Crippen MR) is 52.6 cm³/mol. The van der Waals surface area contributed by atoms with Crippen LogP contribution in [-0.4, -0.2) is 42.6 Å². The molecule has 0 aliphatic carbocycles. The lowest BCUT2D eigenvalue weighted by Gasteiger charge is -2.13. The number of alkyl halides is 3. The van der Waals surface area contributed by atoms with Crippen molar-refractivity contribution in [2.24, 2.45) is 0 Å². The second kappa shape index (κ2) is 7.57. The lowest BCUT2D eigenvalue weighted by atomic mass is 10.4. The highest BCUT2D eigenvalue weighted by molar-refractivity contribution is 6.32. The number of hydrogen-bond acceptors (Lipinski definition) is 5. The number of amides is 1. The topological polar surface area (TPSA) is 94.2 Å². The summed E-state index contributed by atoms with van der Waals surface area (Å²) in [6.07, 6.45) is -4.72. The van der Waals surface area contributed by atoms with Crippen molar-refractivity contribution >= 4 is 11.9 Å². The van der Waals surface area contributed by atoms with Crippen LogP contribution in [0.15, 0.2) is 0 Å². The molecule has 0 radical (unpaired) electrons. The van der Waals surface area contributed by atoms with Crippen LogP contribution in [0.1, 0.15) is 0 Å². The van der Waals surface area contributed by atoms with E-state index < -0.39 is 37.7 Å². The van der Waals surface area contributed by atoms with E-state index in [4.69, 9.17) is 10.5 Å². The van der Waals surface area contributed by atoms with E-state index in [1.54, 1.807) is 12.1 Å². The molecule has 9 heteroatoms. The Morgan fingerprint density at radius 3 is 2.11 bits per heavy atom. The number of nitrogens with zero attached hydrogens (tertiary/aromatic N) is 3. The Kier molecular flexibility index (Phi) is 6.48. The van der Waals surface area contributed by atoms with Crippen molar-refractivity contribution in [2.75, 3.05) is 19.7 Å². The highest BCUT2D eigenvalue weighted by atomic mass is 19.4. The minimum Gasteiger partial charge on any atom is -0.445 e. The van der Waals surface area contributed by atoms with Crippen molar-refractivity contribution in [3.63, 3.8) is 0 Å². The first-order valence-electron chi connectivity index (χ1n) is 4.58. The summed E-state index contributed by atoms with van der Waals surface area (Å²) in [4.78, 5) is 23.0. The molecule has 0 aromatic rings. The van der Waals surface area contributed by atoms with Gasteiger partial charge in [-0.1, -0.05) is 5.92 Å². The van der Waals surface area contributed by atoms with Crippen molar-refractivity contribution in [1.82, 2.24) is 4.90 Å². The maximum Gasteiger partial charge on any atom is 0.457 e. The second-order valence-electron chi connectivity index (χ2n) is 2.85. The van der Waals surface area contributed by atoms with Crippen LogP contribution >= 0.6 is 0 Å². The third-order valence-electron chi connectivity index (χ3n) is 1.49. The smallest absolute Gasteiger partial charge is 0.445 e. The van der Waals surface area contributed by atoms with Crippen molar-refractivity contribution in [2.45, 2.75) is 6.18 Å². The number of carbonyl (C=O) groups excluding carboxylic acids is 2. The number of halogens is 3. The molecule has 6 nitrogen and oxygen atoms in total. The molecule has 100 valence electrons. The summed E-state index contributed by atoms with van der Waals surface area (Å²) in [7, 11) is 0. The molecule has 0 aliphatic rings. The molecule has 19 heavy (non-hydrogen) atoms. The van der Waals surface area contributed by atoms with E-state index in [0.29, 0.717) is 4.90 Å². The molecule has 0 aliphatic heterocycles. The van der Waals surface area contributed by atoms with Crippen LogP contribution in [0.25, 0.3) is 0 Å². The van der Waals surface area contributed by atoms with Gasteiger partial charge >= 0.3 is 18.1 Å². The van der Waals surface area contributed by atoms with Crippen LogP contribution in [0.5, 0.6) is 0 Å². The molecule has 0 unspecified atom stereocenters. The number of nitriles is 2. The Balaban J connectivity index is 4.41. The number of ether oxygens (including phenoxy) is 1. The fourth-order valence-electron chi connectivity index (χ4n) is 0.799. The molecule has 1 amide bonds. The van der Waals surface area contributed by atoms with E-state index in [1.807, 2.05) is 0 Å². The Labute approximate surface area is 106 Å². The number of rotatable bonds is 3. The molecule has 0 bridgehead atoms. The van der Waals surface area contributed by atoms with E-state index in [9.17, 15) is 22.8 Å². The van der Waals surface area contributed by atoms with E-state index in [-0.39, 0.29) is 0 Å². The van der Waals surface area contributed by atoms with Crippen molar-refractivity contribution in [3.05, 3.63) is 0 Å². The van der Waals surface area contributed by atoms with Gasteiger partial charge in [-0.3, -0.25) is 4.79 Å². The zero-order valence-corrected chi connectivity index (χ0v) is 9.32. The molecule has 0 fully saturated rings. The Morgan fingerprint density at radius 1 is 1.16 bits per heavy atom. The zero-order chi connectivity index (χ0) is 14.9. The molecule has 0 N–H and O–H groups in total. The normalized spacial score (nSPS) is 9.32. The van der Waals surface area contributed by atoms with Crippen LogP contribution in [0, 0.1) is 34.5 Å². The van der Waals surface area contributed by atoms with Gasteiger partial charge in [0, 0.05) is 5.92 Å². The maximum atomic E-state index is 11.6. The van der Waals surface area contributed by atoms with Crippen molar-refractivity contribution in [1.29, 1.82) is 10.5 Å². The first-order chi connectivity index (χ1) is 8.81. The summed E-state index contributed by atoms with van der Waals surface area (Å²) >= 11 is 0. The number of hydrogen-bond donors (Lipinski definition) is 0. The van der Waals surface area contributed by atoms with Crippen molar-refractivity contribution in [3.8, 4) is 24.0 Å². The summed E-state index contributed by atoms with van der Waals surface area (Å²) in [6.45, 7) is -1.96. The van der Waals surface area contributed by atoms with Crippen LogP contribution < -0.4 is 0 Å². The highest BCUT2D eigenvalue weighted by Crippen LogP contribution is 2.11. The monoisotopic (exact) mass is 273 g/mol. The quantitative estimate of drug-likeness (QED) is 0.311. The van der Waals surface area contributed by atoms with E-state index in [0.717, 1.165) is 5.92 Å². The predicted octanol–water partition coefficient (Wildman–Crippen LogP) is -0.0289. The standard InChI is InChI=1S/C10H6F3N3O3/c11-10(12,13)2-1-7-19-9(18)8(17)16(5-3-14)6-4-15/h5-7H2. The molecule has 0 atom stereocenters. The zero-order valence-electron chi connectivity index (χ0n) is 9.32. The van der Waals surface area contributed by atoms with E-state index in [1.165, 1.54) is 5.92 Å². The van der Waals surface area contributed by atoms with Gasteiger partial charge in [0.1, 0.15) is 13.1 Å². The van der Waals surface area contributed by atoms with Crippen LogP contribution in [0.2, 0.25) is 0 Å². The minimum atomic E-state index is -4.72. The molecule has 0 aromatic carbocycles. The van der Waals surface area contributed by atoms with Gasteiger partial charge in [0.25, 0.3) is 0 Å². The Bertz CT molecular complexity index is 475. The first-order valence-corrected chi connectivity index (χ1v) is 4.58. The highest BCUT2D eigenvalue weighted by Gasteiger charge is 2.24. The molecule has 0 aromatic heterocycles. The van der Waals surface area contributed by atoms with Crippen LogP contribution in [0.4, 0.5) is 13.2 Å². The Morgan fingerprint density at radius 2 is 1.68 bits per heavy atom. The molecular formula is C10H6F3N3O3. The molecule has 0 saturated heterocycles. The van der Waals surface area contributed by atoms with E-state index in [2.05, 4.69) is 4.74 Å². The molecular weight excluding hydrogens is 267 g/mol. The lowest BCUT2D eigenvalue weighted by Crippen LogP contribution is -2.38. The Hall–Kier alpha value is -2.73. The van der Waals surface area contributed by atoms with E-state index >= 15 is 0 Å². The molecule has 0 saturated carbocycles. The summed E-state index contributed by atoms with van der Waals surface area (Å²) < 4.78 is 39.0. The third kappa shape index (κ3) is 7.24. The second-order valence-corrected chi connectivity index (χ2v) is 2.85. The minimum absolute atomic E-state index is 0.518. The van der Waals surface area contributed by atoms with Gasteiger partial charge in [-0.05, 0) is 0 Å². The van der Waals surface area contributed by atoms with Gasteiger partial charge in [0.05, 0.1) is 12.1 Å². The first kappa shape index (κ1) is 16.3. The lowest BCUT2D eigenvalue weighted by molar-refractivity contribution is -0.158. The summed E-state index contributed by atoms with van der Waals surface area (Å²) in [5.74, 6) is -0.445. The summed E-state index contributed by atoms with van der Waals surface area (Å²) in [6, 6.07) is 3.09. The summed E-state index contributed by atoms with van der Waals surface area (Å²) in [5.41, 5.74) is 0. The molecule has 0 spiro atoms. The maximum absolute atomic E-state index is 11.6. The van der Waals surface area contributed by atoms with Gasteiger partial charge in [0.2, 0.25) is 0 Å². The fraction of sp³-hybridized carbons (Fsp3) is 0.400. The fourth-order valence-corrected chi connectivity index (χ4v) is 0.799. The van der Waals surface area contributed by atoms with Gasteiger partial charge in [-0.2, -0.15) is 23.7 Å².